The lowest BCUT2D eigenvalue weighted by atomic mass is 10.2. The molecule has 4 nitrogen and oxygen atoms in total. The van der Waals surface area contributed by atoms with E-state index in [2.05, 4.69) is 41.0 Å². The van der Waals surface area contributed by atoms with Gasteiger partial charge in [0.05, 0.1) is 12.3 Å². The van der Waals surface area contributed by atoms with Crippen LogP contribution in [0.3, 0.4) is 0 Å². The number of hydrogen-bond donors (Lipinski definition) is 1. The zero-order chi connectivity index (χ0) is 14.8. The Balaban J connectivity index is 2.41. The van der Waals surface area contributed by atoms with E-state index in [1.807, 2.05) is 6.08 Å². The van der Waals surface area contributed by atoms with E-state index in [9.17, 15) is 0 Å². The molecule has 0 aromatic carbocycles. The van der Waals surface area contributed by atoms with E-state index in [0.717, 1.165) is 50.0 Å². The molecule has 0 amide bonds. The van der Waals surface area contributed by atoms with Crippen LogP contribution in [-0.4, -0.2) is 43.2 Å². The van der Waals surface area contributed by atoms with E-state index in [1.165, 1.54) is 0 Å². The Morgan fingerprint density at radius 1 is 1.55 bits per heavy atom. The van der Waals surface area contributed by atoms with E-state index in [4.69, 9.17) is 4.74 Å². The maximum Gasteiger partial charge on any atom is 0.107 e. The number of hydrogen-bond acceptors (Lipinski definition) is 5. The summed E-state index contributed by atoms with van der Waals surface area (Å²) < 4.78 is 5.13. The number of nitrogens with zero attached hydrogens (tertiary/aromatic N) is 2. The molecule has 0 bridgehead atoms. The van der Waals surface area contributed by atoms with Crippen LogP contribution in [0.4, 0.5) is 0 Å². The van der Waals surface area contributed by atoms with E-state index in [1.54, 1.807) is 18.4 Å². The first-order valence-electron chi connectivity index (χ1n) is 7.11. The predicted molar refractivity (Wildman–Crippen MR) is 86.0 cm³/mol. The maximum absolute atomic E-state index is 5.13. The minimum absolute atomic E-state index is 0.673. The molecule has 1 heterocycles. The molecule has 0 saturated carbocycles. The lowest BCUT2D eigenvalue weighted by molar-refractivity contribution is 0.150. The van der Waals surface area contributed by atoms with Gasteiger partial charge in [0, 0.05) is 38.7 Å². The molecular formula is C15H27N3OS. The highest BCUT2D eigenvalue weighted by Gasteiger charge is 2.08. The summed E-state index contributed by atoms with van der Waals surface area (Å²) in [7, 11) is 1.73. The smallest absolute Gasteiger partial charge is 0.107 e. The number of aromatic nitrogens is 1. The van der Waals surface area contributed by atoms with Gasteiger partial charge in [-0.2, -0.15) is 0 Å². The minimum Gasteiger partial charge on any atom is -0.383 e. The predicted octanol–water partition coefficient (Wildman–Crippen LogP) is 2.52. The molecule has 20 heavy (non-hydrogen) atoms. The first-order chi connectivity index (χ1) is 9.65. The van der Waals surface area contributed by atoms with Crippen LogP contribution in [0.15, 0.2) is 18.0 Å². The van der Waals surface area contributed by atoms with Crippen molar-refractivity contribution in [3.63, 3.8) is 0 Å². The highest BCUT2D eigenvalue weighted by atomic mass is 32.1. The van der Waals surface area contributed by atoms with Crippen molar-refractivity contribution in [3.8, 4) is 0 Å². The molecule has 1 aromatic rings. The summed E-state index contributed by atoms with van der Waals surface area (Å²) in [5.74, 6) is 0.673. The molecule has 0 unspecified atom stereocenters. The van der Waals surface area contributed by atoms with Gasteiger partial charge in [0.2, 0.25) is 0 Å². The topological polar surface area (TPSA) is 37.4 Å². The van der Waals surface area contributed by atoms with E-state index < -0.39 is 0 Å². The second-order valence-corrected chi connectivity index (χ2v) is 6.22. The monoisotopic (exact) mass is 297 g/mol. The normalized spacial score (nSPS) is 11.4. The Bertz CT molecular complexity index is 379. The van der Waals surface area contributed by atoms with Crippen molar-refractivity contribution in [1.82, 2.24) is 15.2 Å². The maximum atomic E-state index is 5.13. The van der Waals surface area contributed by atoms with Crippen LogP contribution in [-0.2, 0) is 17.8 Å². The van der Waals surface area contributed by atoms with Gasteiger partial charge in [-0.15, -0.1) is 17.9 Å². The standard InChI is InChI=1S/C15H27N3OS/c1-5-6-18(7-8-19-4)11-14-12-20-15(17-14)10-16-9-13(2)3/h5,12-13,16H,1,6-11H2,2-4H3. The summed E-state index contributed by atoms with van der Waals surface area (Å²) in [4.78, 5) is 6.97. The number of thiazole rings is 1. The van der Waals surface area contributed by atoms with Gasteiger partial charge in [-0.25, -0.2) is 4.98 Å². The highest BCUT2D eigenvalue weighted by Crippen LogP contribution is 2.12. The summed E-state index contributed by atoms with van der Waals surface area (Å²) >= 11 is 1.73. The Morgan fingerprint density at radius 2 is 2.35 bits per heavy atom. The third-order valence-corrected chi connectivity index (χ3v) is 3.71. The van der Waals surface area contributed by atoms with Crippen molar-refractivity contribution in [1.29, 1.82) is 0 Å². The fourth-order valence-corrected chi connectivity index (χ4v) is 2.59. The molecule has 0 atom stereocenters. The first-order valence-corrected chi connectivity index (χ1v) is 7.99. The average molecular weight is 297 g/mol. The summed E-state index contributed by atoms with van der Waals surface area (Å²) in [6.07, 6.45) is 1.92. The van der Waals surface area contributed by atoms with Crippen LogP contribution in [0.1, 0.15) is 24.5 Å². The summed E-state index contributed by atoms with van der Waals surface area (Å²) in [5.41, 5.74) is 1.13. The minimum atomic E-state index is 0.673. The highest BCUT2D eigenvalue weighted by molar-refractivity contribution is 7.09. The van der Waals surface area contributed by atoms with Crippen molar-refractivity contribution in [2.75, 3.05) is 33.4 Å². The first kappa shape index (κ1) is 17.3. The number of nitrogens with one attached hydrogen (secondary N) is 1. The van der Waals surface area contributed by atoms with Crippen molar-refractivity contribution in [2.45, 2.75) is 26.9 Å². The van der Waals surface area contributed by atoms with Gasteiger partial charge < -0.3 is 10.1 Å². The number of ether oxygens (including phenoxy) is 1. The summed E-state index contributed by atoms with van der Waals surface area (Å²) in [6.45, 7) is 13.5. The van der Waals surface area contributed by atoms with Crippen LogP contribution in [0.25, 0.3) is 0 Å². The Kier molecular flexibility index (Phi) is 8.69. The zero-order valence-corrected chi connectivity index (χ0v) is 13.7. The molecule has 0 fully saturated rings. The van der Waals surface area contributed by atoms with Crippen LogP contribution in [0, 0.1) is 5.92 Å². The molecule has 0 aliphatic heterocycles. The molecule has 114 valence electrons. The summed E-state index contributed by atoms with van der Waals surface area (Å²) in [5, 5.41) is 6.73. The third-order valence-electron chi connectivity index (χ3n) is 2.81. The second-order valence-electron chi connectivity index (χ2n) is 5.27. The van der Waals surface area contributed by atoms with E-state index in [0.29, 0.717) is 5.92 Å². The van der Waals surface area contributed by atoms with Gasteiger partial charge >= 0.3 is 0 Å². The van der Waals surface area contributed by atoms with Crippen molar-refractivity contribution < 1.29 is 4.74 Å². The molecule has 0 aliphatic carbocycles. The Labute approximate surface area is 126 Å². The van der Waals surface area contributed by atoms with Crippen LogP contribution >= 0.6 is 11.3 Å². The Hall–Kier alpha value is -0.750. The third kappa shape index (κ3) is 7.14. The molecule has 1 N–H and O–H groups in total. The molecule has 0 spiro atoms. The van der Waals surface area contributed by atoms with Crippen LogP contribution in [0.5, 0.6) is 0 Å². The van der Waals surface area contributed by atoms with Gasteiger partial charge in [0.25, 0.3) is 0 Å². The lowest BCUT2D eigenvalue weighted by Gasteiger charge is -2.18. The molecule has 1 rings (SSSR count). The zero-order valence-electron chi connectivity index (χ0n) is 12.9. The number of methoxy groups -OCH3 is 1. The van der Waals surface area contributed by atoms with Gasteiger partial charge in [-0.3, -0.25) is 4.90 Å². The quantitative estimate of drug-likeness (QED) is 0.637. The molecule has 1 aromatic heterocycles. The van der Waals surface area contributed by atoms with Crippen molar-refractivity contribution in [2.24, 2.45) is 5.92 Å². The van der Waals surface area contributed by atoms with Crippen molar-refractivity contribution in [3.05, 3.63) is 28.7 Å². The fourth-order valence-electron chi connectivity index (χ4n) is 1.84. The van der Waals surface area contributed by atoms with Gasteiger partial charge in [-0.1, -0.05) is 19.9 Å². The Morgan fingerprint density at radius 3 is 3.00 bits per heavy atom. The van der Waals surface area contributed by atoms with Gasteiger partial charge in [0.15, 0.2) is 0 Å². The molecular weight excluding hydrogens is 270 g/mol. The van der Waals surface area contributed by atoms with Crippen LogP contribution < -0.4 is 5.32 Å². The second kappa shape index (κ2) is 10.0. The van der Waals surface area contributed by atoms with Crippen molar-refractivity contribution >= 4 is 11.3 Å². The average Bonchev–Trinajstić information content (AvgIpc) is 2.83. The van der Waals surface area contributed by atoms with E-state index in [-0.39, 0.29) is 0 Å². The fraction of sp³-hybridized carbons (Fsp3) is 0.667. The molecule has 0 aliphatic rings. The van der Waals surface area contributed by atoms with Crippen LogP contribution in [0.2, 0.25) is 0 Å². The van der Waals surface area contributed by atoms with E-state index >= 15 is 0 Å². The molecule has 0 radical (unpaired) electrons. The van der Waals surface area contributed by atoms with Gasteiger partial charge in [-0.05, 0) is 12.5 Å². The molecule has 0 saturated heterocycles. The summed E-state index contributed by atoms with van der Waals surface area (Å²) in [6, 6.07) is 0. The SMILES string of the molecule is C=CCN(CCOC)Cc1csc(CNCC(C)C)n1. The molecule has 5 heteroatoms. The lowest BCUT2D eigenvalue weighted by Crippen LogP contribution is -2.27. The van der Waals surface area contributed by atoms with Gasteiger partial charge in [0.1, 0.15) is 5.01 Å². The number of rotatable bonds is 11. The largest absolute Gasteiger partial charge is 0.383 e.